The minimum atomic E-state index is 0.218. The van der Waals surface area contributed by atoms with Crippen LogP contribution in [0.4, 0.5) is 22.7 Å². The Morgan fingerprint density at radius 1 is 0.697 bits per heavy atom. The van der Waals surface area contributed by atoms with Gasteiger partial charge in [-0.15, -0.1) is 0 Å². The van der Waals surface area contributed by atoms with Crippen molar-refractivity contribution in [3.8, 4) is 11.5 Å². The number of phenolic OH excluding ortho intramolecular Hbond substituents is 2. The SMILES string of the molecule is Oc1ccc(N(c2ccc(O)cc2)c2ccc(C=NN3CCCc4ccccc43)cc2)cc1. The maximum atomic E-state index is 9.71. The highest BCUT2D eigenvalue weighted by molar-refractivity contribution is 5.83. The first kappa shape index (κ1) is 20.6. The Bertz CT molecular complexity index is 1200. The molecule has 33 heavy (non-hydrogen) atoms. The molecule has 164 valence electrons. The summed E-state index contributed by atoms with van der Waals surface area (Å²) in [6, 6.07) is 30.8. The number of fused-ring (bicyclic) bond motifs is 1. The van der Waals surface area contributed by atoms with Crippen LogP contribution >= 0.6 is 0 Å². The Kier molecular flexibility index (Phi) is 5.68. The summed E-state index contributed by atoms with van der Waals surface area (Å²) in [5.41, 5.74) is 6.32. The Morgan fingerprint density at radius 3 is 1.85 bits per heavy atom. The molecule has 1 heterocycles. The number of aromatic hydroxyl groups is 2. The van der Waals surface area contributed by atoms with Gasteiger partial charge in [0.15, 0.2) is 0 Å². The van der Waals surface area contributed by atoms with Gasteiger partial charge in [0, 0.05) is 23.6 Å². The van der Waals surface area contributed by atoms with Gasteiger partial charge in [-0.05, 0) is 90.7 Å². The largest absolute Gasteiger partial charge is 0.508 e. The van der Waals surface area contributed by atoms with Gasteiger partial charge in [0.2, 0.25) is 0 Å². The second-order valence-electron chi connectivity index (χ2n) is 8.06. The van der Waals surface area contributed by atoms with Crippen molar-refractivity contribution < 1.29 is 10.2 Å². The van der Waals surface area contributed by atoms with Gasteiger partial charge in [-0.25, -0.2) is 0 Å². The van der Waals surface area contributed by atoms with Crippen LogP contribution in [0.2, 0.25) is 0 Å². The van der Waals surface area contributed by atoms with E-state index in [0.29, 0.717) is 0 Å². The summed E-state index contributed by atoms with van der Waals surface area (Å²) in [5.74, 6) is 0.436. The molecular weight excluding hydrogens is 410 g/mol. The van der Waals surface area contributed by atoms with E-state index in [-0.39, 0.29) is 11.5 Å². The topological polar surface area (TPSA) is 59.3 Å². The monoisotopic (exact) mass is 435 g/mol. The summed E-state index contributed by atoms with van der Waals surface area (Å²) >= 11 is 0. The first-order valence-corrected chi connectivity index (χ1v) is 11.0. The summed E-state index contributed by atoms with van der Waals surface area (Å²) < 4.78 is 0. The fourth-order valence-electron chi connectivity index (χ4n) is 4.13. The third kappa shape index (κ3) is 4.53. The van der Waals surface area contributed by atoms with Crippen LogP contribution in [0.1, 0.15) is 17.5 Å². The zero-order chi connectivity index (χ0) is 22.6. The minimum Gasteiger partial charge on any atom is -0.508 e. The highest BCUT2D eigenvalue weighted by atomic mass is 16.3. The van der Waals surface area contributed by atoms with Crippen LogP contribution < -0.4 is 9.91 Å². The smallest absolute Gasteiger partial charge is 0.115 e. The Hall–Kier alpha value is -4.25. The van der Waals surface area contributed by atoms with E-state index in [1.165, 1.54) is 11.3 Å². The van der Waals surface area contributed by atoms with E-state index in [4.69, 9.17) is 5.10 Å². The lowest BCUT2D eigenvalue weighted by molar-refractivity contribution is 0.475. The number of benzene rings is 4. The minimum absolute atomic E-state index is 0.218. The summed E-state index contributed by atoms with van der Waals surface area (Å²) in [6.45, 7) is 0.918. The highest BCUT2D eigenvalue weighted by Crippen LogP contribution is 2.36. The number of hydrogen-bond acceptors (Lipinski definition) is 5. The van der Waals surface area contributed by atoms with Gasteiger partial charge in [-0.1, -0.05) is 30.3 Å². The second-order valence-corrected chi connectivity index (χ2v) is 8.06. The van der Waals surface area contributed by atoms with Gasteiger partial charge < -0.3 is 15.1 Å². The van der Waals surface area contributed by atoms with Crippen molar-refractivity contribution in [2.75, 3.05) is 16.5 Å². The van der Waals surface area contributed by atoms with Crippen LogP contribution in [0, 0.1) is 0 Å². The second kappa shape index (κ2) is 9.09. The van der Waals surface area contributed by atoms with Crippen LogP contribution in [-0.4, -0.2) is 23.0 Å². The lowest BCUT2D eigenvalue weighted by Crippen LogP contribution is -2.24. The molecule has 2 N–H and O–H groups in total. The summed E-state index contributed by atoms with van der Waals surface area (Å²) in [6.07, 6.45) is 4.10. The third-order valence-electron chi connectivity index (χ3n) is 5.80. The maximum Gasteiger partial charge on any atom is 0.115 e. The van der Waals surface area contributed by atoms with E-state index in [0.717, 1.165) is 42.0 Å². The number of nitrogens with zero attached hydrogens (tertiary/aromatic N) is 3. The molecular formula is C28H25N3O2. The molecule has 0 aromatic heterocycles. The van der Waals surface area contributed by atoms with Crippen molar-refractivity contribution >= 4 is 29.0 Å². The molecule has 0 bridgehead atoms. The number of hydrazone groups is 1. The molecule has 4 aromatic carbocycles. The number of rotatable bonds is 5. The molecule has 0 aliphatic carbocycles. The van der Waals surface area contributed by atoms with E-state index in [9.17, 15) is 10.2 Å². The molecule has 1 aliphatic heterocycles. The van der Waals surface area contributed by atoms with E-state index in [1.807, 2.05) is 54.7 Å². The molecule has 0 spiro atoms. The predicted octanol–water partition coefficient (Wildman–Crippen LogP) is 6.35. The quantitative estimate of drug-likeness (QED) is 0.358. The van der Waals surface area contributed by atoms with Crippen molar-refractivity contribution in [2.45, 2.75) is 12.8 Å². The molecule has 5 rings (SSSR count). The van der Waals surface area contributed by atoms with Gasteiger partial charge in [-0.3, -0.25) is 5.01 Å². The molecule has 0 atom stereocenters. The van der Waals surface area contributed by atoms with Gasteiger partial charge >= 0.3 is 0 Å². The predicted molar refractivity (Wildman–Crippen MR) is 134 cm³/mol. The van der Waals surface area contributed by atoms with Crippen LogP contribution in [0.3, 0.4) is 0 Å². The normalized spacial score (nSPS) is 13.2. The van der Waals surface area contributed by atoms with Crippen molar-refractivity contribution in [3.63, 3.8) is 0 Å². The molecule has 0 unspecified atom stereocenters. The van der Waals surface area contributed by atoms with Crippen LogP contribution in [0.25, 0.3) is 0 Å². The zero-order valence-electron chi connectivity index (χ0n) is 18.2. The van der Waals surface area contributed by atoms with E-state index in [2.05, 4.69) is 34.2 Å². The van der Waals surface area contributed by atoms with Crippen LogP contribution in [0.5, 0.6) is 11.5 Å². The van der Waals surface area contributed by atoms with Gasteiger partial charge in [0.25, 0.3) is 0 Å². The lowest BCUT2D eigenvalue weighted by atomic mass is 10.0. The molecule has 0 fully saturated rings. The maximum absolute atomic E-state index is 9.71. The summed E-state index contributed by atoms with van der Waals surface area (Å²) in [7, 11) is 0. The highest BCUT2D eigenvalue weighted by Gasteiger charge is 2.15. The van der Waals surface area contributed by atoms with E-state index < -0.39 is 0 Å². The Morgan fingerprint density at radius 2 is 1.24 bits per heavy atom. The molecule has 0 amide bonds. The first-order valence-electron chi connectivity index (χ1n) is 11.0. The molecule has 0 radical (unpaired) electrons. The Balaban J connectivity index is 1.42. The van der Waals surface area contributed by atoms with Gasteiger partial charge in [-0.2, -0.15) is 5.10 Å². The third-order valence-corrected chi connectivity index (χ3v) is 5.80. The Labute approximate surface area is 193 Å². The number of aryl methyl sites for hydroxylation is 1. The van der Waals surface area contributed by atoms with Crippen LogP contribution in [0.15, 0.2) is 102 Å². The molecule has 5 heteroatoms. The molecule has 1 aliphatic rings. The molecule has 0 saturated heterocycles. The van der Waals surface area contributed by atoms with Gasteiger partial charge in [0.05, 0.1) is 11.9 Å². The van der Waals surface area contributed by atoms with E-state index in [1.54, 1.807) is 24.3 Å². The zero-order valence-corrected chi connectivity index (χ0v) is 18.2. The van der Waals surface area contributed by atoms with Crippen molar-refractivity contribution in [2.24, 2.45) is 5.10 Å². The number of para-hydroxylation sites is 1. The molecule has 0 saturated carbocycles. The first-order chi connectivity index (χ1) is 16.2. The standard InChI is InChI=1S/C28H25N3O2/c32-26-15-11-24(12-16-26)31(25-13-17-27(33)18-14-25)23-9-7-21(8-10-23)20-29-30-19-3-5-22-4-1-2-6-28(22)30/h1-2,4,6-18,20,32-33H,3,5,19H2. The molecule has 4 aromatic rings. The van der Waals surface area contributed by atoms with Crippen molar-refractivity contribution in [3.05, 3.63) is 108 Å². The fourth-order valence-corrected chi connectivity index (χ4v) is 4.13. The summed E-state index contributed by atoms with van der Waals surface area (Å²) in [4.78, 5) is 2.07. The average molecular weight is 436 g/mol. The lowest BCUT2D eigenvalue weighted by Gasteiger charge is -2.26. The van der Waals surface area contributed by atoms with Crippen molar-refractivity contribution in [1.29, 1.82) is 0 Å². The fraction of sp³-hybridized carbons (Fsp3) is 0.107. The van der Waals surface area contributed by atoms with Gasteiger partial charge in [0.1, 0.15) is 11.5 Å². The van der Waals surface area contributed by atoms with Crippen LogP contribution in [-0.2, 0) is 6.42 Å². The molecule has 5 nitrogen and oxygen atoms in total. The number of anilines is 4. The van der Waals surface area contributed by atoms with E-state index >= 15 is 0 Å². The summed E-state index contributed by atoms with van der Waals surface area (Å²) in [5, 5.41) is 26.2. The number of phenols is 2. The number of hydrogen-bond donors (Lipinski definition) is 2. The van der Waals surface area contributed by atoms with Crippen molar-refractivity contribution in [1.82, 2.24) is 0 Å². The average Bonchev–Trinajstić information content (AvgIpc) is 2.86.